The molecule has 0 unspecified atom stereocenters. The molecular formula is C22H42N2O4. The summed E-state index contributed by atoms with van der Waals surface area (Å²) in [5, 5.41) is 0. The highest BCUT2D eigenvalue weighted by atomic mass is 16.5. The molecule has 0 aliphatic carbocycles. The molecule has 0 aromatic carbocycles. The highest BCUT2D eigenvalue weighted by Crippen LogP contribution is 1.99. The normalized spacial score (nSPS) is 11.5. The molecule has 0 aromatic rings. The quantitative estimate of drug-likeness (QED) is 0.200. The van der Waals surface area contributed by atoms with E-state index in [1.807, 2.05) is 0 Å². The minimum Gasteiger partial charge on any atom is -0.462 e. The standard InChI is InChI=1S/C22H42N2O4/c1-5-13-23(14-6-2)17-9-19-27-21(25)11-12-22(26)28-20-10-18-24(15-7-3)16-8-4/h11-12H,5-10,13-20H2,1-4H3/b12-11-. The molecule has 0 aliphatic heterocycles. The lowest BCUT2D eigenvalue weighted by Crippen LogP contribution is -2.27. The zero-order valence-electron chi connectivity index (χ0n) is 18.6. The molecular weight excluding hydrogens is 356 g/mol. The third kappa shape index (κ3) is 15.6. The number of esters is 2. The van der Waals surface area contributed by atoms with Crippen molar-refractivity contribution in [2.75, 3.05) is 52.5 Å². The molecule has 0 aromatic heterocycles. The lowest BCUT2D eigenvalue weighted by Gasteiger charge is -2.20. The molecule has 0 radical (unpaired) electrons. The Morgan fingerprint density at radius 1 is 0.607 bits per heavy atom. The van der Waals surface area contributed by atoms with E-state index in [4.69, 9.17) is 9.47 Å². The number of hydrogen-bond acceptors (Lipinski definition) is 6. The van der Waals surface area contributed by atoms with Crippen LogP contribution in [0.4, 0.5) is 0 Å². The van der Waals surface area contributed by atoms with Gasteiger partial charge < -0.3 is 19.3 Å². The van der Waals surface area contributed by atoms with Crippen LogP contribution in [0.25, 0.3) is 0 Å². The lowest BCUT2D eigenvalue weighted by molar-refractivity contribution is -0.140. The Balaban J connectivity index is 3.87. The van der Waals surface area contributed by atoms with Gasteiger partial charge in [-0.05, 0) is 64.7 Å². The van der Waals surface area contributed by atoms with Crippen molar-refractivity contribution in [3.05, 3.63) is 12.2 Å². The van der Waals surface area contributed by atoms with E-state index in [0.717, 1.165) is 89.9 Å². The zero-order chi connectivity index (χ0) is 21.0. The molecule has 0 atom stereocenters. The van der Waals surface area contributed by atoms with Crippen LogP contribution in [-0.4, -0.2) is 74.2 Å². The van der Waals surface area contributed by atoms with Gasteiger partial charge in [-0.25, -0.2) is 9.59 Å². The van der Waals surface area contributed by atoms with Crippen molar-refractivity contribution >= 4 is 11.9 Å². The van der Waals surface area contributed by atoms with Gasteiger partial charge in [0.2, 0.25) is 0 Å². The molecule has 0 N–H and O–H groups in total. The van der Waals surface area contributed by atoms with Crippen molar-refractivity contribution in [3.63, 3.8) is 0 Å². The fourth-order valence-electron chi connectivity index (χ4n) is 3.09. The van der Waals surface area contributed by atoms with Crippen LogP contribution in [0.1, 0.15) is 66.2 Å². The number of rotatable bonds is 18. The van der Waals surface area contributed by atoms with Crippen LogP contribution in [0.5, 0.6) is 0 Å². The van der Waals surface area contributed by atoms with Crippen LogP contribution in [0, 0.1) is 0 Å². The smallest absolute Gasteiger partial charge is 0.331 e. The first-order valence-electron chi connectivity index (χ1n) is 11.0. The second-order valence-corrected chi connectivity index (χ2v) is 7.06. The molecule has 0 fully saturated rings. The van der Waals surface area contributed by atoms with Gasteiger partial charge in [-0.15, -0.1) is 0 Å². The number of carbonyl (C=O) groups is 2. The predicted octanol–water partition coefficient (Wildman–Crippen LogP) is 3.65. The van der Waals surface area contributed by atoms with Gasteiger partial charge in [-0.1, -0.05) is 27.7 Å². The van der Waals surface area contributed by atoms with Gasteiger partial charge in [-0.3, -0.25) is 0 Å². The topological polar surface area (TPSA) is 59.1 Å². The fourth-order valence-corrected chi connectivity index (χ4v) is 3.09. The minimum absolute atomic E-state index is 0.368. The first-order valence-corrected chi connectivity index (χ1v) is 11.0. The second-order valence-electron chi connectivity index (χ2n) is 7.06. The Hall–Kier alpha value is -1.40. The predicted molar refractivity (Wildman–Crippen MR) is 114 cm³/mol. The Labute approximate surface area is 172 Å². The van der Waals surface area contributed by atoms with Crippen LogP contribution >= 0.6 is 0 Å². The minimum atomic E-state index is -0.494. The van der Waals surface area contributed by atoms with Gasteiger partial charge in [0.15, 0.2) is 0 Å². The summed E-state index contributed by atoms with van der Waals surface area (Å²) in [7, 11) is 0. The maximum atomic E-state index is 11.7. The Kier molecular flexibility index (Phi) is 18.0. The van der Waals surface area contributed by atoms with Crippen molar-refractivity contribution in [3.8, 4) is 0 Å². The van der Waals surface area contributed by atoms with E-state index in [-0.39, 0.29) is 0 Å². The molecule has 0 saturated carbocycles. The summed E-state index contributed by atoms with van der Waals surface area (Å²) in [5.41, 5.74) is 0. The third-order valence-corrected chi connectivity index (χ3v) is 4.24. The molecule has 6 nitrogen and oxygen atoms in total. The highest BCUT2D eigenvalue weighted by molar-refractivity contribution is 5.91. The van der Waals surface area contributed by atoms with Crippen LogP contribution in [0.2, 0.25) is 0 Å². The summed E-state index contributed by atoms with van der Waals surface area (Å²) < 4.78 is 10.3. The van der Waals surface area contributed by atoms with E-state index in [1.54, 1.807) is 0 Å². The molecule has 0 heterocycles. The van der Waals surface area contributed by atoms with E-state index in [1.165, 1.54) is 0 Å². The molecule has 28 heavy (non-hydrogen) atoms. The average molecular weight is 399 g/mol. The van der Waals surface area contributed by atoms with Crippen molar-refractivity contribution in [1.82, 2.24) is 9.80 Å². The van der Waals surface area contributed by atoms with Gasteiger partial charge in [0.1, 0.15) is 0 Å². The highest BCUT2D eigenvalue weighted by Gasteiger charge is 2.05. The Morgan fingerprint density at radius 3 is 1.21 bits per heavy atom. The number of carbonyl (C=O) groups excluding carboxylic acids is 2. The molecule has 0 bridgehead atoms. The van der Waals surface area contributed by atoms with Crippen LogP contribution in [-0.2, 0) is 19.1 Å². The third-order valence-electron chi connectivity index (χ3n) is 4.24. The van der Waals surface area contributed by atoms with E-state index in [0.29, 0.717) is 13.2 Å². The number of nitrogens with zero attached hydrogens (tertiary/aromatic N) is 2. The van der Waals surface area contributed by atoms with Gasteiger partial charge in [-0.2, -0.15) is 0 Å². The summed E-state index contributed by atoms with van der Waals surface area (Å²) in [6.07, 6.45) is 8.41. The van der Waals surface area contributed by atoms with Crippen molar-refractivity contribution in [2.24, 2.45) is 0 Å². The molecule has 0 aliphatic rings. The molecule has 164 valence electrons. The molecule has 0 spiro atoms. The fraction of sp³-hybridized carbons (Fsp3) is 0.818. The van der Waals surface area contributed by atoms with Gasteiger partial charge >= 0.3 is 11.9 Å². The lowest BCUT2D eigenvalue weighted by atomic mass is 10.3. The van der Waals surface area contributed by atoms with E-state index in [9.17, 15) is 9.59 Å². The largest absolute Gasteiger partial charge is 0.462 e. The molecule has 6 heteroatoms. The summed E-state index contributed by atoms with van der Waals surface area (Å²) in [5.74, 6) is -0.988. The average Bonchev–Trinajstić information content (AvgIpc) is 2.67. The zero-order valence-corrected chi connectivity index (χ0v) is 18.6. The van der Waals surface area contributed by atoms with Crippen molar-refractivity contribution in [2.45, 2.75) is 66.2 Å². The van der Waals surface area contributed by atoms with Gasteiger partial charge in [0.05, 0.1) is 13.2 Å². The molecule has 0 saturated heterocycles. The van der Waals surface area contributed by atoms with Crippen LogP contribution in [0.15, 0.2) is 12.2 Å². The number of hydrogen-bond donors (Lipinski definition) is 0. The Bertz CT molecular complexity index is 377. The van der Waals surface area contributed by atoms with Crippen LogP contribution < -0.4 is 0 Å². The van der Waals surface area contributed by atoms with Gasteiger partial charge in [0.25, 0.3) is 0 Å². The van der Waals surface area contributed by atoms with Crippen molar-refractivity contribution in [1.29, 1.82) is 0 Å². The molecule has 0 amide bonds. The van der Waals surface area contributed by atoms with Crippen molar-refractivity contribution < 1.29 is 19.1 Å². The SMILES string of the molecule is CCCN(CCC)CCCOC(=O)/C=C\C(=O)OCCCN(CCC)CCC. The summed E-state index contributed by atoms with van der Waals surface area (Å²) in [4.78, 5) is 28.1. The van der Waals surface area contributed by atoms with E-state index in [2.05, 4.69) is 37.5 Å². The monoisotopic (exact) mass is 398 g/mol. The first-order chi connectivity index (χ1) is 13.6. The van der Waals surface area contributed by atoms with E-state index >= 15 is 0 Å². The molecule has 0 rings (SSSR count). The summed E-state index contributed by atoms with van der Waals surface area (Å²) >= 11 is 0. The second kappa shape index (κ2) is 18.9. The number of ether oxygens (including phenoxy) is 2. The maximum Gasteiger partial charge on any atom is 0.331 e. The summed E-state index contributed by atoms with van der Waals surface area (Å²) in [6.45, 7) is 15.5. The maximum absolute atomic E-state index is 11.7. The van der Waals surface area contributed by atoms with E-state index < -0.39 is 11.9 Å². The first kappa shape index (κ1) is 26.6. The van der Waals surface area contributed by atoms with Gasteiger partial charge in [0, 0.05) is 25.2 Å². The summed E-state index contributed by atoms with van der Waals surface area (Å²) in [6, 6.07) is 0. The van der Waals surface area contributed by atoms with Crippen LogP contribution in [0.3, 0.4) is 0 Å². The Morgan fingerprint density at radius 2 is 0.929 bits per heavy atom.